The van der Waals surface area contributed by atoms with Gasteiger partial charge in [0.05, 0.1) is 18.8 Å². The van der Waals surface area contributed by atoms with Crippen molar-refractivity contribution in [1.29, 1.82) is 0 Å². The molecule has 1 aromatic carbocycles. The van der Waals surface area contributed by atoms with E-state index in [9.17, 15) is 9.59 Å². The Labute approximate surface area is 153 Å². The zero-order valence-electron chi connectivity index (χ0n) is 14.6. The number of nitrogens with one attached hydrogen (secondary N) is 2. The number of nitrogens with zero attached hydrogens (tertiary/aromatic N) is 2. The third-order valence-corrected chi connectivity index (χ3v) is 4.41. The zero-order valence-corrected chi connectivity index (χ0v) is 14.6. The highest BCUT2D eigenvalue weighted by atomic mass is 16.2. The van der Waals surface area contributed by atoms with Gasteiger partial charge in [0, 0.05) is 12.1 Å². The summed E-state index contributed by atoms with van der Waals surface area (Å²) in [7, 11) is 0. The van der Waals surface area contributed by atoms with Gasteiger partial charge < -0.3 is 15.2 Å². The minimum atomic E-state index is -0.325. The van der Waals surface area contributed by atoms with Crippen LogP contribution in [-0.4, -0.2) is 34.5 Å². The molecule has 2 heterocycles. The van der Waals surface area contributed by atoms with Crippen LogP contribution in [0.5, 0.6) is 0 Å². The number of fused-ring (bicyclic) bond motifs is 1. The normalized spacial score (nSPS) is 13.2. The third-order valence-electron chi connectivity index (χ3n) is 4.41. The van der Waals surface area contributed by atoms with Gasteiger partial charge in [0.2, 0.25) is 5.91 Å². The molecule has 3 rings (SSSR count). The highest BCUT2D eigenvalue weighted by Crippen LogP contribution is 2.27. The highest BCUT2D eigenvalue weighted by molar-refractivity contribution is 5.96. The topological polar surface area (TPSA) is 76.0 Å². The van der Waals surface area contributed by atoms with Crippen LogP contribution in [0.2, 0.25) is 0 Å². The van der Waals surface area contributed by atoms with Gasteiger partial charge >= 0.3 is 0 Å². The number of aromatic nitrogens is 2. The van der Waals surface area contributed by atoms with Crippen LogP contribution in [0.25, 0.3) is 11.4 Å². The SMILES string of the molecule is C#CCNC(=O)CNC(=O)c1nc(-c2ccccc2)n2c1CCCCC2. The third kappa shape index (κ3) is 3.94. The lowest BCUT2D eigenvalue weighted by Crippen LogP contribution is -2.37. The maximum atomic E-state index is 12.6. The molecular weight excluding hydrogens is 328 g/mol. The summed E-state index contributed by atoms with van der Waals surface area (Å²) in [5.74, 6) is 2.50. The lowest BCUT2D eigenvalue weighted by atomic mass is 10.1. The summed E-state index contributed by atoms with van der Waals surface area (Å²) in [6.45, 7) is 0.878. The summed E-state index contributed by atoms with van der Waals surface area (Å²) >= 11 is 0. The van der Waals surface area contributed by atoms with E-state index in [1.165, 1.54) is 0 Å². The number of hydrogen-bond acceptors (Lipinski definition) is 3. The molecule has 0 aliphatic carbocycles. The molecule has 0 fully saturated rings. The van der Waals surface area contributed by atoms with Gasteiger partial charge in [0.25, 0.3) is 5.91 Å². The molecule has 0 bridgehead atoms. The second kappa shape index (κ2) is 8.34. The molecule has 0 radical (unpaired) electrons. The Morgan fingerprint density at radius 3 is 2.73 bits per heavy atom. The van der Waals surface area contributed by atoms with Gasteiger partial charge in [-0.15, -0.1) is 6.42 Å². The van der Waals surface area contributed by atoms with Crippen molar-refractivity contribution < 1.29 is 9.59 Å². The molecule has 0 saturated heterocycles. The van der Waals surface area contributed by atoms with Crippen LogP contribution in [0.1, 0.15) is 35.4 Å². The highest BCUT2D eigenvalue weighted by Gasteiger charge is 2.24. The molecule has 134 valence electrons. The van der Waals surface area contributed by atoms with Gasteiger partial charge in [-0.2, -0.15) is 0 Å². The minimum absolute atomic E-state index is 0.118. The average Bonchev–Trinajstić information content (AvgIpc) is 2.86. The van der Waals surface area contributed by atoms with Crippen molar-refractivity contribution in [3.63, 3.8) is 0 Å². The zero-order chi connectivity index (χ0) is 18.4. The van der Waals surface area contributed by atoms with E-state index in [2.05, 4.69) is 26.1 Å². The summed E-state index contributed by atoms with van der Waals surface area (Å²) in [6, 6.07) is 9.87. The van der Waals surface area contributed by atoms with Gasteiger partial charge in [-0.3, -0.25) is 9.59 Å². The lowest BCUT2D eigenvalue weighted by Gasteiger charge is -2.09. The first-order valence-corrected chi connectivity index (χ1v) is 8.84. The Balaban J connectivity index is 1.85. The molecule has 1 aliphatic rings. The van der Waals surface area contributed by atoms with E-state index in [1.54, 1.807) is 0 Å². The van der Waals surface area contributed by atoms with E-state index in [4.69, 9.17) is 6.42 Å². The van der Waals surface area contributed by atoms with Crippen molar-refractivity contribution in [2.75, 3.05) is 13.1 Å². The molecule has 0 unspecified atom stereocenters. The predicted molar refractivity (Wildman–Crippen MR) is 99.4 cm³/mol. The van der Waals surface area contributed by atoms with Gasteiger partial charge in [0.15, 0.2) is 0 Å². The first-order chi connectivity index (χ1) is 12.7. The molecule has 2 aromatic rings. The summed E-state index contributed by atoms with van der Waals surface area (Å²) < 4.78 is 2.15. The van der Waals surface area contributed by atoms with Crippen molar-refractivity contribution in [2.24, 2.45) is 0 Å². The standard InChI is InChI=1S/C20H22N4O2/c1-2-12-21-17(25)14-22-20(26)18-16-11-7-4-8-13-24(16)19(23-18)15-9-5-3-6-10-15/h1,3,5-6,9-10H,4,7-8,11-14H2,(H,21,25)(H,22,26). The number of terminal acetylenes is 1. The maximum absolute atomic E-state index is 12.6. The minimum Gasteiger partial charge on any atom is -0.344 e. The smallest absolute Gasteiger partial charge is 0.272 e. The van der Waals surface area contributed by atoms with Crippen molar-refractivity contribution in [2.45, 2.75) is 32.2 Å². The Morgan fingerprint density at radius 1 is 1.15 bits per heavy atom. The van der Waals surface area contributed by atoms with Crippen LogP contribution in [0, 0.1) is 12.3 Å². The van der Waals surface area contributed by atoms with Crippen LogP contribution >= 0.6 is 0 Å². The van der Waals surface area contributed by atoms with E-state index < -0.39 is 0 Å². The van der Waals surface area contributed by atoms with Crippen LogP contribution in [-0.2, 0) is 17.8 Å². The molecule has 0 atom stereocenters. The largest absolute Gasteiger partial charge is 0.344 e. The number of amides is 2. The number of imidazole rings is 1. The van der Waals surface area contributed by atoms with E-state index in [1.807, 2.05) is 30.3 Å². The first kappa shape index (κ1) is 17.7. The Morgan fingerprint density at radius 2 is 1.96 bits per heavy atom. The number of carbonyl (C=O) groups is 2. The molecule has 0 saturated carbocycles. The van der Waals surface area contributed by atoms with E-state index >= 15 is 0 Å². The number of benzene rings is 1. The summed E-state index contributed by atoms with van der Waals surface area (Å²) in [5, 5.41) is 5.17. The summed E-state index contributed by atoms with van der Waals surface area (Å²) in [6.07, 6.45) is 9.15. The molecule has 26 heavy (non-hydrogen) atoms. The fourth-order valence-corrected chi connectivity index (χ4v) is 3.17. The number of carbonyl (C=O) groups excluding carboxylic acids is 2. The molecule has 0 spiro atoms. The molecule has 1 aromatic heterocycles. The van der Waals surface area contributed by atoms with Crippen molar-refractivity contribution in [3.8, 4) is 23.7 Å². The van der Waals surface area contributed by atoms with Gasteiger partial charge in [-0.1, -0.05) is 42.7 Å². The molecule has 2 amide bonds. The lowest BCUT2D eigenvalue weighted by molar-refractivity contribution is -0.119. The monoisotopic (exact) mass is 350 g/mol. The Kier molecular flexibility index (Phi) is 5.69. The molecule has 2 N–H and O–H groups in total. The number of rotatable bonds is 5. The molecule has 1 aliphatic heterocycles. The van der Waals surface area contributed by atoms with E-state index in [0.29, 0.717) is 5.69 Å². The fraction of sp³-hybridized carbons (Fsp3) is 0.350. The Hall–Kier alpha value is -3.07. The fourth-order valence-electron chi connectivity index (χ4n) is 3.17. The number of hydrogen-bond donors (Lipinski definition) is 2. The summed E-state index contributed by atoms with van der Waals surface area (Å²) in [4.78, 5) is 28.9. The second-order valence-electron chi connectivity index (χ2n) is 6.22. The van der Waals surface area contributed by atoms with Gasteiger partial charge in [0.1, 0.15) is 11.5 Å². The molecule has 6 nitrogen and oxygen atoms in total. The summed E-state index contributed by atoms with van der Waals surface area (Å²) in [5.41, 5.74) is 2.35. The van der Waals surface area contributed by atoms with Crippen molar-refractivity contribution in [1.82, 2.24) is 20.2 Å². The van der Waals surface area contributed by atoms with E-state index in [0.717, 1.165) is 49.3 Å². The van der Waals surface area contributed by atoms with Crippen molar-refractivity contribution >= 4 is 11.8 Å². The second-order valence-corrected chi connectivity index (χ2v) is 6.22. The van der Waals surface area contributed by atoms with E-state index in [-0.39, 0.29) is 24.9 Å². The van der Waals surface area contributed by atoms with Crippen LogP contribution in [0.3, 0.4) is 0 Å². The molecular formula is C20H22N4O2. The predicted octanol–water partition coefficient (Wildman–Crippen LogP) is 1.76. The van der Waals surface area contributed by atoms with Crippen molar-refractivity contribution in [3.05, 3.63) is 41.7 Å². The van der Waals surface area contributed by atoms with Gasteiger partial charge in [-0.05, 0) is 19.3 Å². The molecule has 6 heteroatoms. The Bertz CT molecular complexity index is 833. The quantitative estimate of drug-likeness (QED) is 0.807. The van der Waals surface area contributed by atoms with Crippen LogP contribution < -0.4 is 10.6 Å². The van der Waals surface area contributed by atoms with Crippen LogP contribution in [0.4, 0.5) is 0 Å². The maximum Gasteiger partial charge on any atom is 0.272 e. The van der Waals surface area contributed by atoms with Crippen LogP contribution in [0.15, 0.2) is 30.3 Å². The first-order valence-electron chi connectivity index (χ1n) is 8.84. The van der Waals surface area contributed by atoms with Gasteiger partial charge in [-0.25, -0.2) is 4.98 Å². The average molecular weight is 350 g/mol.